The molecule has 5 nitrogen and oxygen atoms in total. The number of hydrogen-bond donors (Lipinski definition) is 1. The van der Waals surface area contributed by atoms with Crippen molar-refractivity contribution in [2.75, 3.05) is 6.61 Å². The van der Waals surface area contributed by atoms with Crippen molar-refractivity contribution in [3.8, 4) is 0 Å². The number of aryl methyl sites for hydroxylation is 1. The molecule has 108 valence electrons. The van der Waals surface area contributed by atoms with Gasteiger partial charge in [0.05, 0.1) is 17.8 Å². The van der Waals surface area contributed by atoms with Crippen molar-refractivity contribution < 1.29 is 22.1 Å². The van der Waals surface area contributed by atoms with Gasteiger partial charge in [-0.15, -0.1) is 0 Å². The number of hydrogen-bond acceptors (Lipinski definition) is 4. The standard InChI is InChI=1S/C13H14FNO4S/c14-11-5-7-13(8-6-11)20(16,17)15-19-10-2-4-12-3-1-9-18-12/h1,3,5-9,15H,2,4,10H2. The van der Waals surface area contributed by atoms with E-state index in [1.54, 1.807) is 12.3 Å². The minimum Gasteiger partial charge on any atom is -0.469 e. The average molecular weight is 299 g/mol. The molecule has 2 aromatic rings. The zero-order valence-electron chi connectivity index (χ0n) is 10.6. The van der Waals surface area contributed by atoms with E-state index in [2.05, 4.69) is 0 Å². The summed E-state index contributed by atoms with van der Waals surface area (Å²) in [4.78, 5) is 6.85. The fourth-order valence-corrected chi connectivity index (χ4v) is 2.38. The summed E-state index contributed by atoms with van der Waals surface area (Å²) in [6.07, 6.45) is 2.85. The van der Waals surface area contributed by atoms with Gasteiger partial charge in [-0.1, -0.05) is 4.89 Å². The molecule has 1 heterocycles. The average Bonchev–Trinajstić information content (AvgIpc) is 2.92. The minimum absolute atomic E-state index is 0.0510. The third-order valence-electron chi connectivity index (χ3n) is 2.54. The summed E-state index contributed by atoms with van der Waals surface area (Å²) in [7, 11) is -3.77. The van der Waals surface area contributed by atoms with Crippen molar-refractivity contribution in [2.45, 2.75) is 17.7 Å². The molecule has 0 unspecified atom stereocenters. The van der Waals surface area contributed by atoms with Crippen molar-refractivity contribution in [1.29, 1.82) is 0 Å². The van der Waals surface area contributed by atoms with Crippen LogP contribution in [0.2, 0.25) is 0 Å². The molecule has 20 heavy (non-hydrogen) atoms. The molecule has 0 bridgehead atoms. The van der Waals surface area contributed by atoms with E-state index in [0.717, 1.165) is 17.9 Å². The highest BCUT2D eigenvalue weighted by molar-refractivity contribution is 7.89. The summed E-state index contributed by atoms with van der Waals surface area (Å²) >= 11 is 0. The molecular formula is C13H14FNO4S. The number of furan rings is 1. The second-order valence-electron chi connectivity index (χ2n) is 4.07. The lowest BCUT2D eigenvalue weighted by atomic mass is 10.3. The molecule has 0 saturated heterocycles. The van der Waals surface area contributed by atoms with Crippen LogP contribution in [-0.2, 0) is 21.3 Å². The normalized spacial score (nSPS) is 11.7. The quantitative estimate of drug-likeness (QED) is 0.629. The second-order valence-corrected chi connectivity index (χ2v) is 5.72. The van der Waals surface area contributed by atoms with Gasteiger partial charge in [0.2, 0.25) is 0 Å². The van der Waals surface area contributed by atoms with Gasteiger partial charge in [0, 0.05) is 6.42 Å². The first kappa shape index (κ1) is 14.7. The summed E-state index contributed by atoms with van der Waals surface area (Å²) in [6.45, 7) is 0.209. The van der Waals surface area contributed by atoms with E-state index >= 15 is 0 Å². The van der Waals surface area contributed by atoms with Crippen LogP contribution in [0.5, 0.6) is 0 Å². The van der Waals surface area contributed by atoms with Gasteiger partial charge in [0.15, 0.2) is 0 Å². The number of nitrogens with one attached hydrogen (secondary N) is 1. The van der Waals surface area contributed by atoms with Crippen LogP contribution in [0, 0.1) is 5.82 Å². The maximum Gasteiger partial charge on any atom is 0.262 e. The van der Waals surface area contributed by atoms with Crippen molar-refractivity contribution in [3.05, 3.63) is 54.2 Å². The molecule has 1 N–H and O–H groups in total. The number of halogens is 1. The molecule has 0 spiro atoms. The summed E-state index contributed by atoms with van der Waals surface area (Å²) < 4.78 is 41.4. The Kier molecular flexibility index (Phi) is 4.89. The maximum absolute atomic E-state index is 12.7. The van der Waals surface area contributed by atoms with Crippen molar-refractivity contribution in [3.63, 3.8) is 0 Å². The fraction of sp³-hybridized carbons (Fsp3) is 0.231. The third kappa shape index (κ3) is 4.16. The van der Waals surface area contributed by atoms with E-state index in [0.29, 0.717) is 12.8 Å². The zero-order valence-corrected chi connectivity index (χ0v) is 11.4. The lowest BCUT2D eigenvalue weighted by Gasteiger charge is -2.06. The Hall–Kier alpha value is -1.70. The van der Waals surface area contributed by atoms with E-state index in [9.17, 15) is 12.8 Å². The highest BCUT2D eigenvalue weighted by Crippen LogP contribution is 2.09. The summed E-state index contributed by atoms with van der Waals surface area (Å²) in [5.41, 5.74) is 0. The highest BCUT2D eigenvalue weighted by atomic mass is 32.2. The Bertz CT molecular complexity index is 623. The molecule has 1 aromatic heterocycles. The first-order valence-corrected chi connectivity index (χ1v) is 7.48. The van der Waals surface area contributed by atoms with Gasteiger partial charge in [0.1, 0.15) is 11.6 Å². The Morgan fingerprint density at radius 1 is 1.20 bits per heavy atom. The van der Waals surface area contributed by atoms with Crippen LogP contribution in [0.3, 0.4) is 0 Å². The van der Waals surface area contributed by atoms with Crippen molar-refractivity contribution in [2.24, 2.45) is 0 Å². The topological polar surface area (TPSA) is 68.5 Å². The van der Waals surface area contributed by atoms with Crippen LogP contribution in [0.15, 0.2) is 52.0 Å². The van der Waals surface area contributed by atoms with Crippen LogP contribution in [0.1, 0.15) is 12.2 Å². The Balaban J connectivity index is 1.76. The van der Waals surface area contributed by atoms with E-state index in [-0.39, 0.29) is 11.5 Å². The smallest absolute Gasteiger partial charge is 0.262 e. The predicted octanol–water partition coefficient (Wildman–Crippen LogP) is 2.26. The molecule has 2 rings (SSSR count). The second kappa shape index (κ2) is 6.65. The van der Waals surface area contributed by atoms with E-state index in [1.165, 1.54) is 12.1 Å². The fourth-order valence-electron chi connectivity index (χ4n) is 1.55. The summed E-state index contributed by atoms with van der Waals surface area (Å²) in [5.74, 6) is 0.318. The Morgan fingerprint density at radius 3 is 2.60 bits per heavy atom. The van der Waals surface area contributed by atoms with E-state index in [4.69, 9.17) is 9.25 Å². The molecule has 0 aliphatic carbocycles. The number of sulfonamides is 1. The molecule has 0 aliphatic rings. The largest absolute Gasteiger partial charge is 0.469 e. The summed E-state index contributed by atoms with van der Waals surface area (Å²) in [6, 6.07) is 8.11. The summed E-state index contributed by atoms with van der Waals surface area (Å²) in [5, 5.41) is 0. The SMILES string of the molecule is O=S(=O)(NOCCCc1ccco1)c1ccc(F)cc1. The van der Waals surface area contributed by atoms with Gasteiger partial charge in [-0.25, -0.2) is 12.8 Å². The Morgan fingerprint density at radius 2 is 1.95 bits per heavy atom. The van der Waals surface area contributed by atoms with Crippen LogP contribution in [-0.4, -0.2) is 15.0 Å². The molecule has 0 amide bonds. The molecule has 0 atom stereocenters. The molecule has 1 aromatic carbocycles. The lowest BCUT2D eigenvalue weighted by Crippen LogP contribution is -2.24. The van der Waals surface area contributed by atoms with Crippen LogP contribution in [0.25, 0.3) is 0 Å². The number of benzene rings is 1. The van der Waals surface area contributed by atoms with Crippen molar-refractivity contribution in [1.82, 2.24) is 4.89 Å². The lowest BCUT2D eigenvalue weighted by molar-refractivity contribution is 0.0905. The minimum atomic E-state index is -3.77. The molecule has 0 fully saturated rings. The zero-order chi connectivity index (χ0) is 14.4. The molecule has 7 heteroatoms. The van der Waals surface area contributed by atoms with Gasteiger partial charge < -0.3 is 4.42 Å². The molecular weight excluding hydrogens is 285 g/mol. The van der Waals surface area contributed by atoms with Crippen LogP contribution >= 0.6 is 0 Å². The first-order valence-electron chi connectivity index (χ1n) is 5.99. The van der Waals surface area contributed by atoms with E-state index in [1.807, 2.05) is 11.0 Å². The predicted molar refractivity (Wildman–Crippen MR) is 69.7 cm³/mol. The van der Waals surface area contributed by atoms with Crippen LogP contribution < -0.4 is 4.89 Å². The van der Waals surface area contributed by atoms with Gasteiger partial charge in [-0.05, 0) is 42.8 Å². The Labute approximate surface area is 116 Å². The molecule has 0 radical (unpaired) electrons. The van der Waals surface area contributed by atoms with Gasteiger partial charge in [0.25, 0.3) is 10.0 Å². The first-order chi connectivity index (χ1) is 9.58. The molecule has 0 saturated carbocycles. The van der Waals surface area contributed by atoms with Crippen molar-refractivity contribution >= 4 is 10.0 Å². The monoisotopic (exact) mass is 299 g/mol. The van der Waals surface area contributed by atoms with Gasteiger partial charge in [-0.2, -0.15) is 0 Å². The third-order valence-corrected chi connectivity index (χ3v) is 3.77. The van der Waals surface area contributed by atoms with Gasteiger partial charge >= 0.3 is 0 Å². The van der Waals surface area contributed by atoms with Crippen LogP contribution in [0.4, 0.5) is 4.39 Å². The van der Waals surface area contributed by atoms with Gasteiger partial charge in [-0.3, -0.25) is 4.84 Å². The maximum atomic E-state index is 12.7. The van der Waals surface area contributed by atoms with E-state index < -0.39 is 15.8 Å². The highest BCUT2D eigenvalue weighted by Gasteiger charge is 2.13. The number of rotatable bonds is 7. The molecule has 0 aliphatic heterocycles.